The molecular formula is C13H24N2O2. The smallest absolute Gasteiger partial charge is 0.410 e. The lowest BCUT2D eigenvalue weighted by molar-refractivity contribution is 0.0144. The highest BCUT2D eigenvalue weighted by Gasteiger charge is 2.43. The molecule has 0 aliphatic carbocycles. The van der Waals surface area contributed by atoms with Crippen LogP contribution in [0.2, 0.25) is 0 Å². The first kappa shape index (κ1) is 12.7. The summed E-state index contributed by atoms with van der Waals surface area (Å²) >= 11 is 0. The molecule has 17 heavy (non-hydrogen) atoms. The van der Waals surface area contributed by atoms with Crippen molar-refractivity contribution in [2.75, 3.05) is 13.1 Å². The van der Waals surface area contributed by atoms with E-state index in [-0.39, 0.29) is 6.09 Å². The zero-order valence-electron chi connectivity index (χ0n) is 11.3. The van der Waals surface area contributed by atoms with E-state index in [1.165, 1.54) is 0 Å². The van der Waals surface area contributed by atoms with Crippen molar-refractivity contribution in [1.29, 1.82) is 0 Å². The van der Waals surface area contributed by atoms with Gasteiger partial charge < -0.3 is 15.0 Å². The van der Waals surface area contributed by atoms with E-state index in [9.17, 15) is 4.79 Å². The van der Waals surface area contributed by atoms with Gasteiger partial charge in [0.2, 0.25) is 0 Å². The monoisotopic (exact) mass is 240 g/mol. The van der Waals surface area contributed by atoms with E-state index in [1.807, 2.05) is 25.7 Å². The van der Waals surface area contributed by atoms with Crippen molar-refractivity contribution in [1.82, 2.24) is 10.2 Å². The van der Waals surface area contributed by atoms with Gasteiger partial charge in [-0.25, -0.2) is 4.79 Å². The number of hydrogen-bond donors (Lipinski definition) is 1. The Morgan fingerprint density at radius 3 is 2.71 bits per heavy atom. The summed E-state index contributed by atoms with van der Waals surface area (Å²) in [5.74, 6) is 0.566. The van der Waals surface area contributed by atoms with Crippen molar-refractivity contribution >= 4 is 6.09 Å². The fraction of sp³-hybridized carbons (Fsp3) is 0.923. The van der Waals surface area contributed by atoms with Crippen LogP contribution in [-0.2, 0) is 4.74 Å². The zero-order chi connectivity index (χ0) is 12.6. The van der Waals surface area contributed by atoms with Crippen LogP contribution in [0.15, 0.2) is 0 Å². The second kappa shape index (κ2) is 4.48. The van der Waals surface area contributed by atoms with Crippen molar-refractivity contribution in [2.24, 2.45) is 5.92 Å². The van der Waals surface area contributed by atoms with Crippen molar-refractivity contribution in [3.63, 3.8) is 0 Å². The number of nitrogens with zero attached hydrogens (tertiary/aromatic N) is 1. The molecule has 0 spiro atoms. The maximum atomic E-state index is 12.1. The highest BCUT2D eigenvalue weighted by atomic mass is 16.6. The van der Waals surface area contributed by atoms with Crippen LogP contribution in [0.3, 0.4) is 0 Å². The molecule has 2 saturated heterocycles. The fourth-order valence-corrected chi connectivity index (χ4v) is 2.94. The first-order chi connectivity index (χ1) is 7.88. The topological polar surface area (TPSA) is 41.6 Å². The molecule has 2 heterocycles. The lowest BCUT2D eigenvalue weighted by Crippen LogP contribution is -2.53. The van der Waals surface area contributed by atoms with Gasteiger partial charge in [-0.3, -0.25) is 0 Å². The van der Waals surface area contributed by atoms with Crippen LogP contribution < -0.4 is 5.32 Å². The number of carbonyl (C=O) groups is 1. The average Bonchev–Trinajstić information content (AvgIpc) is 2.60. The molecule has 2 aliphatic rings. The minimum atomic E-state index is -0.402. The summed E-state index contributed by atoms with van der Waals surface area (Å²) in [6, 6.07) is 0.782. The van der Waals surface area contributed by atoms with Gasteiger partial charge in [0.15, 0.2) is 0 Å². The van der Waals surface area contributed by atoms with Gasteiger partial charge in [0.05, 0.1) is 6.04 Å². The van der Waals surface area contributed by atoms with E-state index in [0.717, 1.165) is 25.9 Å². The minimum Gasteiger partial charge on any atom is -0.444 e. The molecule has 0 bridgehead atoms. The molecule has 2 fully saturated rings. The number of likely N-dealkylation sites (tertiary alicyclic amines) is 1. The maximum absolute atomic E-state index is 12.1. The van der Waals surface area contributed by atoms with E-state index in [2.05, 4.69) is 12.2 Å². The predicted molar refractivity (Wildman–Crippen MR) is 66.9 cm³/mol. The number of fused-ring (bicyclic) bond motifs is 1. The summed E-state index contributed by atoms with van der Waals surface area (Å²) in [7, 11) is 0. The normalized spacial score (nSPS) is 33.4. The number of rotatable bonds is 0. The predicted octanol–water partition coefficient (Wildman–Crippen LogP) is 1.99. The molecule has 1 amide bonds. The number of nitrogens with one attached hydrogen (secondary N) is 1. The largest absolute Gasteiger partial charge is 0.444 e. The lowest BCUT2D eigenvalue weighted by atomic mass is 9.89. The Balaban J connectivity index is 2.04. The summed E-state index contributed by atoms with van der Waals surface area (Å²) in [5.41, 5.74) is -0.402. The van der Waals surface area contributed by atoms with E-state index in [1.54, 1.807) is 0 Å². The quantitative estimate of drug-likeness (QED) is 0.704. The third-order valence-corrected chi connectivity index (χ3v) is 3.67. The van der Waals surface area contributed by atoms with Crippen LogP contribution in [0.5, 0.6) is 0 Å². The fourth-order valence-electron chi connectivity index (χ4n) is 2.94. The number of hydrogen-bond acceptors (Lipinski definition) is 3. The van der Waals surface area contributed by atoms with Gasteiger partial charge in [-0.05, 0) is 46.1 Å². The lowest BCUT2D eigenvalue weighted by Gasteiger charge is -2.37. The highest BCUT2D eigenvalue weighted by Crippen LogP contribution is 2.30. The molecule has 0 radical (unpaired) electrons. The molecule has 1 N–H and O–H groups in total. The van der Waals surface area contributed by atoms with Crippen LogP contribution in [-0.4, -0.2) is 41.8 Å². The van der Waals surface area contributed by atoms with Gasteiger partial charge in [-0.1, -0.05) is 6.92 Å². The Hall–Kier alpha value is -0.770. The molecule has 4 nitrogen and oxygen atoms in total. The highest BCUT2D eigenvalue weighted by molar-refractivity contribution is 5.69. The average molecular weight is 240 g/mol. The SMILES string of the molecule is CC1CCNC2CCN(C(=O)OC(C)(C)C)C12. The molecule has 2 aliphatic heterocycles. The zero-order valence-corrected chi connectivity index (χ0v) is 11.3. The Bertz CT molecular complexity index is 298. The van der Waals surface area contributed by atoms with Gasteiger partial charge in [0.1, 0.15) is 5.60 Å². The molecule has 2 rings (SSSR count). The molecule has 4 heteroatoms. The standard InChI is InChI=1S/C13H24N2O2/c1-9-5-7-14-10-6-8-15(11(9)10)12(16)17-13(2,3)4/h9-11,14H,5-8H2,1-4H3. The third-order valence-electron chi connectivity index (χ3n) is 3.67. The van der Waals surface area contributed by atoms with Crippen LogP contribution >= 0.6 is 0 Å². The van der Waals surface area contributed by atoms with E-state index in [4.69, 9.17) is 4.74 Å². The molecule has 98 valence electrons. The van der Waals surface area contributed by atoms with E-state index in [0.29, 0.717) is 18.0 Å². The second-order valence-electron chi connectivity index (χ2n) is 6.28. The van der Waals surface area contributed by atoms with Gasteiger partial charge in [0, 0.05) is 12.6 Å². The molecule has 0 aromatic carbocycles. The Kier molecular flexibility index (Phi) is 3.34. The van der Waals surface area contributed by atoms with Crippen molar-refractivity contribution < 1.29 is 9.53 Å². The summed E-state index contributed by atoms with van der Waals surface area (Å²) in [4.78, 5) is 14.1. The first-order valence-corrected chi connectivity index (χ1v) is 6.61. The van der Waals surface area contributed by atoms with Gasteiger partial charge in [-0.2, -0.15) is 0 Å². The van der Waals surface area contributed by atoms with Crippen LogP contribution in [0.1, 0.15) is 40.5 Å². The summed E-state index contributed by atoms with van der Waals surface area (Å²) < 4.78 is 5.48. The summed E-state index contributed by atoms with van der Waals surface area (Å²) in [6.07, 6.45) is 2.04. The van der Waals surface area contributed by atoms with Crippen molar-refractivity contribution in [3.05, 3.63) is 0 Å². The molecule has 3 atom stereocenters. The third kappa shape index (κ3) is 2.73. The molecule has 0 saturated carbocycles. The Morgan fingerprint density at radius 1 is 1.35 bits per heavy atom. The summed E-state index contributed by atoms with van der Waals surface area (Å²) in [5, 5.41) is 3.51. The van der Waals surface area contributed by atoms with Gasteiger partial charge in [0.25, 0.3) is 0 Å². The number of amides is 1. The second-order valence-corrected chi connectivity index (χ2v) is 6.28. The van der Waals surface area contributed by atoms with Crippen molar-refractivity contribution in [2.45, 2.75) is 58.2 Å². The molecule has 3 unspecified atom stereocenters. The van der Waals surface area contributed by atoms with Crippen LogP contribution in [0.25, 0.3) is 0 Å². The van der Waals surface area contributed by atoms with Gasteiger partial charge >= 0.3 is 6.09 Å². The molecule has 0 aromatic rings. The summed E-state index contributed by atoms with van der Waals surface area (Å²) in [6.45, 7) is 9.89. The molecule has 0 aromatic heterocycles. The number of carbonyl (C=O) groups excluding carboxylic acids is 1. The molecular weight excluding hydrogens is 216 g/mol. The van der Waals surface area contributed by atoms with Crippen molar-refractivity contribution in [3.8, 4) is 0 Å². The number of piperidine rings is 1. The number of ether oxygens (including phenoxy) is 1. The Morgan fingerprint density at radius 2 is 2.06 bits per heavy atom. The van der Waals surface area contributed by atoms with Gasteiger partial charge in [-0.15, -0.1) is 0 Å². The Labute approximate surface area is 104 Å². The van der Waals surface area contributed by atoms with E-state index < -0.39 is 5.60 Å². The van der Waals surface area contributed by atoms with Crippen LogP contribution in [0.4, 0.5) is 4.79 Å². The van der Waals surface area contributed by atoms with E-state index >= 15 is 0 Å². The first-order valence-electron chi connectivity index (χ1n) is 6.61. The maximum Gasteiger partial charge on any atom is 0.410 e. The minimum absolute atomic E-state index is 0.152. The van der Waals surface area contributed by atoms with Crippen LogP contribution in [0, 0.1) is 5.92 Å².